The predicted octanol–water partition coefficient (Wildman–Crippen LogP) is 6.61. The summed E-state index contributed by atoms with van der Waals surface area (Å²) in [4.78, 5) is 16.8. The Morgan fingerprint density at radius 1 is 1.00 bits per heavy atom. The van der Waals surface area contributed by atoms with Gasteiger partial charge >= 0.3 is 0 Å². The summed E-state index contributed by atoms with van der Waals surface area (Å²) in [6.07, 6.45) is 1.88. The molecule has 10 heteroatoms. The first-order chi connectivity index (χ1) is 15.2. The molecule has 0 bridgehead atoms. The molecule has 3 rings (SSSR count). The van der Waals surface area contributed by atoms with Crippen LogP contribution in [0.2, 0.25) is 25.1 Å². The number of hydrogen-bond acceptors (Lipinski definition) is 4. The van der Waals surface area contributed by atoms with Crippen LogP contribution >= 0.6 is 58.0 Å². The van der Waals surface area contributed by atoms with Crippen LogP contribution in [0.5, 0.6) is 5.75 Å². The predicted molar refractivity (Wildman–Crippen MR) is 132 cm³/mol. The second-order valence-electron chi connectivity index (χ2n) is 7.66. The summed E-state index contributed by atoms with van der Waals surface area (Å²) in [6, 6.07) is 8.02. The number of anilines is 1. The molecule has 0 radical (unpaired) electrons. The van der Waals surface area contributed by atoms with Gasteiger partial charge in [0.1, 0.15) is 10.0 Å². The van der Waals surface area contributed by atoms with Gasteiger partial charge in [0.2, 0.25) is 0 Å². The molecule has 0 aromatic heterocycles. The maximum Gasteiger partial charge on any atom is 0.260 e. The van der Waals surface area contributed by atoms with Crippen molar-refractivity contribution in [3.05, 3.63) is 54.9 Å². The Balaban J connectivity index is 1.75. The van der Waals surface area contributed by atoms with Crippen molar-refractivity contribution >= 4 is 69.6 Å². The molecule has 0 N–H and O–H groups in total. The molecule has 1 amide bonds. The lowest BCUT2D eigenvalue weighted by molar-refractivity contribution is -0.135. The Kier molecular flexibility index (Phi) is 9.07. The van der Waals surface area contributed by atoms with Crippen molar-refractivity contribution in [1.29, 1.82) is 0 Å². The van der Waals surface area contributed by atoms with Gasteiger partial charge in [-0.15, -0.1) is 0 Å². The van der Waals surface area contributed by atoms with Gasteiger partial charge in [-0.25, -0.2) is 0 Å². The SMILES string of the molecule is CN(C)c1ccc(CN(C[C@@H]2CCCO2)C(=O)COc2c(Cl)c(Cl)c(Cl)c(Cl)c2Cl)cc1. The molecule has 2 aromatic rings. The van der Waals surface area contributed by atoms with E-state index >= 15 is 0 Å². The van der Waals surface area contributed by atoms with Crippen LogP contribution < -0.4 is 9.64 Å². The molecule has 1 heterocycles. The van der Waals surface area contributed by atoms with E-state index in [9.17, 15) is 4.79 Å². The van der Waals surface area contributed by atoms with E-state index in [0.717, 1.165) is 24.1 Å². The maximum absolute atomic E-state index is 13.1. The van der Waals surface area contributed by atoms with Crippen molar-refractivity contribution in [3.63, 3.8) is 0 Å². The van der Waals surface area contributed by atoms with E-state index in [1.165, 1.54) is 0 Å². The van der Waals surface area contributed by atoms with Crippen molar-refractivity contribution in [3.8, 4) is 5.75 Å². The molecule has 0 spiro atoms. The van der Waals surface area contributed by atoms with E-state index in [1.807, 2.05) is 43.3 Å². The Labute approximate surface area is 213 Å². The van der Waals surface area contributed by atoms with Gasteiger partial charge in [-0.3, -0.25) is 4.79 Å². The number of carbonyl (C=O) groups is 1. The highest BCUT2D eigenvalue weighted by molar-refractivity contribution is 6.55. The fraction of sp³-hybridized carbons (Fsp3) is 0.409. The quantitative estimate of drug-likeness (QED) is 0.279. The number of carbonyl (C=O) groups excluding carboxylic acids is 1. The van der Waals surface area contributed by atoms with Gasteiger partial charge in [0.15, 0.2) is 12.4 Å². The third-order valence-corrected chi connectivity index (χ3v) is 7.38. The summed E-state index contributed by atoms with van der Waals surface area (Å²) in [7, 11) is 3.95. The molecule has 32 heavy (non-hydrogen) atoms. The number of halogens is 5. The molecule has 1 aliphatic rings. The number of amides is 1. The van der Waals surface area contributed by atoms with Gasteiger partial charge in [0.05, 0.1) is 21.2 Å². The van der Waals surface area contributed by atoms with Gasteiger partial charge in [-0.05, 0) is 30.5 Å². The summed E-state index contributed by atoms with van der Waals surface area (Å²) < 4.78 is 11.4. The van der Waals surface area contributed by atoms with Crippen molar-refractivity contribution in [2.45, 2.75) is 25.5 Å². The van der Waals surface area contributed by atoms with E-state index in [0.29, 0.717) is 19.7 Å². The van der Waals surface area contributed by atoms with Gasteiger partial charge in [0, 0.05) is 39.5 Å². The van der Waals surface area contributed by atoms with E-state index in [1.54, 1.807) is 4.90 Å². The second-order valence-corrected chi connectivity index (χ2v) is 9.55. The summed E-state index contributed by atoms with van der Waals surface area (Å²) in [6.45, 7) is 1.28. The lowest BCUT2D eigenvalue weighted by Gasteiger charge is -2.26. The van der Waals surface area contributed by atoms with Crippen LogP contribution in [0.25, 0.3) is 0 Å². The number of hydrogen-bond donors (Lipinski definition) is 0. The molecule has 0 unspecified atom stereocenters. The van der Waals surface area contributed by atoms with Gasteiger partial charge < -0.3 is 19.3 Å². The Morgan fingerprint density at radius 3 is 2.12 bits per heavy atom. The summed E-state index contributed by atoms with van der Waals surface area (Å²) in [5, 5.41) is 0.0700. The summed E-state index contributed by atoms with van der Waals surface area (Å²) in [5.41, 5.74) is 2.07. The van der Waals surface area contributed by atoms with Crippen LogP contribution in [0.1, 0.15) is 18.4 Å². The topological polar surface area (TPSA) is 42.0 Å². The standard InChI is InChI=1S/C22H23Cl5N2O3/c1-28(2)14-7-5-13(6-8-14)10-29(11-15-4-3-9-31-15)16(30)12-32-22-20(26)18(24)17(23)19(25)21(22)27/h5-8,15H,3-4,9-12H2,1-2H3/t15-/m0/s1. The second kappa shape index (κ2) is 11.4. The van der Waals surface area contributed by atoms with Crippen molar-refractivity contribution in [2.24, 2.45) is 0 Å². The fourth-order valence-corrected chi connectivity index (χ4v) is 4.58. The molecule has 174 valence electrons. The van der Waals surface area contributed by atoms with Gasteiger partial charge in [0.25, 0.3) is 5.91 Å². The third kappa shape index (κ3) is 6.07. The molecule has 1 fully saturated rings. The Morgan fingerprint density at radius 2 is 1.59 bits per heavy atom. The zero-order chi connectivity index (χ0) is 23.4. The number of rotatable bonds is 8. The van der Waals surface area contributed by atoms with Gasteiger partial charge in [-0.2, -0.15) is 0 Å². The minimum Gasteiger partial charge on any atom is -0.481 e. The minimum atomic E-state index is -0.295. The molecule has 0 aliphatic carbocycles. The van der Waals surface area contributed by atoms with Crippen LogP contribution in [-0.4, -0.2) is 50.8 Å². The molecule has 2 aromatic carbocycles. The highest BCUT2D eigenvalue weighted by Gasteiger charge is 2.25. The third-order valence-electron chi connectivity index (χ3n) is 5.14. The summed E-state index contributed by atoms with van der Waals surface area (Å²) in [5.74, 6) is -0.222. The van der Waals surface area contributed by atoms with E-state index < -0.39 is 0 Å². The molecule has 0 saturated carbocycles. The van der Waals surface area contributed by atoms with Gasteiger partial charge in [-0.1, -0.05) is 70.1 Å². The zero-order valence-electron chi connectivity index (χ0n) is 17.6. The lowest BCUT2D eigenvalue weighted by atomic mass is 10.1. The average Bonchev–Trinajstić information content (AvgIpc) is 3.29. The first kappa shape index (κ1) is 25.5. The van der Waals surface area contributed by atoms with Crippen molar-refractivity contribution in [2.75, 3.05) is 38.8 Å². The summed E-state index contributed by atoms with van der Waals surface area (Å²) >= 11 is 30.6. The largest absolute Gasteiger partial charge is 0.481 e. The highest BCUT2D eigenvalue weighted by Crippen LogP contribution is 2.48. The number of ether oxygens (including phenoxy) is 2. The monoisotopic (exact) mass is 538 g/mol. The molecule has 1 saturated heterocycles. The zero-order valence-corrected chi connectivity index (χ0v) is 21.4. The number of nitrogens with zero attached hydrogens (tertiary/aromatic N) is 2. The molecular formula is C22H23Cl5N2O3. The van der Waals surface area contributed by atoms with Crippen LogP contribution in [0.4, 0.5) is 5.69 Å². The molecular weight excluding hydrogens is 518 g/mol. The molecule has 5 nitrogen and oxygen atoms in total. The Bertz CT molecular complexity index is 934. The molecule has 1 aliphatic heterocycles. The average molecular weight is 541 g/mol. The lowest BCUT2D eigenvalue weighted by Crippen LogP contribution is -2.39. The highest BCUT2D eigenvalue weighted by atomic mass is 35.5. The number of benzene rings is 2. The van der Waals surface area contributed by atoms with E-state index in [4.69, 9.17) is 67.5 Å². The van der Waals surface area contributed by atoms with E-state index in [2.05, 4.69) is 0 Å². The maximum atomic E-state index is 13.1. The normalized spacial score (nSPS) is 15.7. The van der Waals surface area contributed by atoms with Crippen molar-refractivity contribution < 1.29 is 14.3 Å². The van der Waals surface area contributed by atoms with Crippen LogP contribution in [0.15, 0.2) is 24.3 Å². The van der Waals surface area contributed by atoms with Crippen LogP contribution in [-0.2, 0) is 16.1 Å². The Hall–Kier alpha value is -1.08. The smallest absolute Gasteiger partial charge is 0.260 e. The van der Waals surface area contributed by atoms with Crippen LogP contribution in [0.3, 0.4) is 0 Å². The minimum absolute atomic E-state index is 0.00353. The molecule has 1 atom stereocenters. The van der Waals surface area contributed by atoms with Crippen LogP contribution in [0, 0.1) is 0 Å². The van der Waals surface area contributed by atoms with Crippen molar-refractivity contribution in [1.82, 2.24) is 4.90 Å². The fourth-order valence-electron chi connectivity index (χ4n) is 3.35. The first-order valence-corrected chi connectivity index (χ1v) is 11.9. The first-order valence-electron chi connectivity index (χ1n) is 9.99. The van der Waals surface area contributed by atoms with E-state index in [-0.39, 0.29) is 49.5 Å².